The molecule has 7 nitrogen and oxygen atoms in total. The lowest BCUT2D eigenvalue weighted by atomic mass is 10.1. The van der Waals surface area contributed by atoms with Crippen LogP contribution in [-0.2, 0) is 9.59 Å². The maximum Gasteiger partial charge on any atom is 0.263 e. The van der Waals surface area contributed by atoms with Crippen molar-refractivity contribution < 1.29 is 14.3 Å². The van der Waals surface area contributed by atoms with E-state index in [1.165, 1.54) is 16.7 Å². The number of nitrogens with zero attached hydrogens (tertiary/aromatic N) is 3. The number of hydrogen-bond donors (Lipinski definition) is 1. The summed E-state index contributed by atoms with van der Waals surface area (Å²) in [6.07, 6.45) is 0. The van der Waals surface area contributed by atoms with Gasteiger partial charge in [0.15, 0.2) is 11.2 Å². The van der Waals surface area contributed by atoms with Crippen LogP contribution in [0, 0.1) is 0 Å². The molecule has 0 saturated heterocycles. The lowest BCUT2D eigenvalue weighted by Gasteiger charge is -2.25. The first-order valence-electron chi connectivity index (χ1n) is 10.4. The molecule has 2 amide bonds. The number of para-hydroxylation sites is 1. The van der Waals surface area contributed by atoms with Crippen LogP contribution in [0.2, 0.25) is 0 Å². The van der Waals surface area contributed by atoms with E-state index in [1.807, 2.05) is 60.7 Å². The standard InChI is InChI=1S/C25H20N4O3S/c1-32-18-11-7-10-17(14-18)26-21(30)15-33-25-27-20-13-6-5-12-19(20)23-28-22(24(31)29(23)25)16-8-3-2-4-9-16/h2-14,22H,15H2,1H3,(H,26,30)/t22-/m0/s1. The molecule has 0 saturated carbocycles. The summed E-state index contributed by atoms with van der Waals surface area (Å²) in [4.78, 5) is 36.9. The van der Waals surface area contributed by atoms with E-state index < -0.39 is 6.04 Å². The number of nitrogens with one attached hydrogen (secondary N) is 1. The quantitative estimate of drug-likeness (QED) is 0.617. The van der Waals surface area contributed by atoms with Crippen LogP contribution in [0.3, 0.4) is 0 Å². The zero-order valence-corrected chi connectivity index (χ0v) is 18.6. The Morgan fingerprint density at radius 1 is 1.06 bits per heavy atom. The van der Waals surface area contributed by atoms with Crippen LogP contribution >= 0.6 is 11.8 Å². The van der Waals surface area contributed by atoms with Crippen LogP contribution in [0.4, 0.5) is 11.4 Å². The molecule has 3 aromatic carbocycles. The number of carbonyl (C=O) groups is 2. The number of methoxy groups -OCH3 is 1. The molecule has 0 radical (unpaired) electrons. The molecular weight excluding hydrogens is 436 g/mol. The summed E-state index contributed by atoms with van der Waals surface area (Å²) >= 11 is 1.21. The van der Waals surface area contributed by atoms with Crippen molar-refractivity contribution in [2.24, 2.45) is 9.98 Å². The highest BCUT2D eigenvalue weighted by Gasteiger charge is 2.42. The van der Waals surface area contributed by atoms with Gasteiger partial charge in [0.25, 0.3) is 5.91 Å². The predicted octanol–water partition coefficient (Wildman–Crippen LogP) is 4.40. The fourth-order valence-electron chi connectivity index (χ4n) is 3.73. The van der Waals surface area contributed by atoms with Gasteiger partial charge in [0.05, 0.1) is 18.6 Å². The van der Waals surface area contributed by atoms with Crippen molar-refractivity contribution in [3.63, 3.8) is 0 Å². The van der Waals surface area contributed by atoms with Crippen molar-refractivity contribution in [3.05, 3.63) is 90.0 Å². The Bertz CT molecular complexity index is 1290. The average molecular weight is 457 g/mol. The molecule has 0 aromatic heterocycles. The summed E-state index contributed by atoms with van der Waals surface area (Å²) in [5.41, 5.74) is 2.99. The molecule has 33 heavy (non-hydrogen) atoms. The van der Waals surface area contributed by atoms with Gasteiger partial charge in [-0.15, -0.1) is 0 Å². The highest BCUT2D eigenvalue weighted by molar-refractivity contribution is 8.14. The SMILES string of the molecule is COc1cccc(NC(=O)CSC2=Nc3ccccc3C3=N[C@@H](c4ccccc4)C(=O)N23)c1. The summed E-state index contributed by atoms with van der Waals surface area (Å²) in [6.45, 7) is 0. The van der Waals surface area contributed by atoms with Crippen LogP contribution in [-0.4, -0.2) is 40.6 Å². The van der Waals surface area contributed by atoms with E-state index in [-0.39, 0.29) is 17.6 Å². The fourth-order valence-corrected chi connectivity index (χ4v) is 4.53. The smallest absolute Gasteiger partial charge is 0.263 e. The maximum absolute atomic E-state index is 13.4. The zero-order chi connectivity index (χ0) is 22.8. The first kappa shape index (κ1) is 21.0. The Labute approximate surface area is 195 Å². The number of ether oxygens (including phenoxy) is 1. The zero-order valence-electron chi connectivity index (χ0n) is 17.8. The Kier molecular flexibility index (Phi) is 5.66. The maximum atomic E-state index is 13.4. The van der Waals surface area contributed by atoms with Crippen LogP contribution in [0.1, 0.15) is 17.2 Å². The van der Waals surface area contributed by atoms with E-state index in [1.54, 1.807) is 25.3 Å². The van der Waals surface area contributed by atoms with Gasteiger partial charge in [-0.05, 0) is 29.8 Å². The molecule has 5 rings (SSSR count). The monoisotopic (exact) mass is 456 g/mol. The summed E-state index contributed by atoms with van der Waals surface area (Å²) in [5, 5.41) is 3.29. The first-order chi connectivity index (χ1) is 16.1. The molecule has 2 heterocycles. The summed E-state index contributed by atoms with van der Waals surface area (Å²) in [5.74, 6) is 0.926. The minimum atomic E-state index is -0.635. The molecule has 2 aliphatic rings. The van der Waals surface area contributed by atoms with E-state index >= 15 is 0 Å². The molecule has 3 aromatic rings. The van der Waals surface area contributed by atoms with Crippen molar-refractivity contribution in [2.45, 2.75) is 6.04 Å². The van der Waals surface area contributed by atoms with E-state index in [0.717, 1.165) is 16.8 Å². The van der Waals surface area contributed by atoms with E-state index in [0.29, 0.717) is 22.4 Å². The second kappa shape index (κ2) is 8.91. The molecule has 164 valence electrons. The number of aliphatic imine (C=N–C) groups is 2. The third-order valence-electron chi connectivity index (χ3n) is 5.27. The average Bonchev–Trinajstić information content (AvgIpc) is 3.21. The molecule has 2 aliphatic heterocycles. The van der Waals surface area contributed by atoms with E-state index in [2.05, 4.69) is 10.3 Å². The predicted molar refractivity (Wildman–Crippen MR) is 130 cm³/mol. The number of benzene rings is 3. The molecule has 8 heteroatoms. The molecule has 0 fully saturated rings. The normalized spacial score (nSPS) is 16.5. The number of anilines is 1. The Balaban J connectivity index is 1.39. The van der Waals surface area contributed by atoms with Crippen LogP contribution in [0.5, 0.6) is 5.75 Å². The van der Waals surface area contributed by atoms with Crippen molar-refractivity contribution in [3.8, 4) is 5.75 Å². The summed E-state index contributed by atoms with van der Waals surface area (Å²) < 4.78 is 5.20. The van der Waals surface area contributed by atoms with Crippen molar-refractivity contribution in [2.75, 3.05) is 18.2 Å². The number of amides is 2. The van der Waals surface area contributed by atoms with Gasteiger partial charge in [-0.2, -0.15) is 0 Å². The Hall–Kier alpha value is -3.91. The van der Waals surface area contributed by atoms with Gasteiger partial charge in [-0.25, -0.2) is 14.9 Å². The lowest BCUT2D eigenvalue weighted by Crippen LogP contribution is -2.40. The Morgan fingerprint density at radius 2 is 1.85 bits per heavy atom. The highest BCUT2D eigenvalue weighted by Crippen LogP contribution is 2.37. The second-order valence-corrected chi connectivity index (χ2v) is 8.36. The molecule has 0 unspecified atom stereocenters. The Morgan fingerprint density at radius 3 is 2.67 bits per heavy atom. The highest BCUT2D eigenvalue weighted by atomic mass is 32.2. The minimum Gasteiger partial charge on any atom is -0.497 e. The number of thioether (sulfide) groups is 1. The number of carbonyl (C=O) groups excluding carboxylic acids is 2. The minimum absolute atomic E-state index is 0.0886. The van der Waals surface area contributed by atoms with Gasteiger partial charge < -0.3 is 10.1 Å². The van der Waals surface area contributed by atoms with Crippen molar-refractivity contribution >= 4 is 46.0 Å². The topological polar surface area (TPSA) is 83.4 Å². The third kappa shape index (κ3) is 4.12. The summed E-state index contributed by atoms with van der Waals surface area (Å²) in [6, 6.07) is 23.6. The van der Waals surface area contributed by atoms with Crippen LogP contribution in [0.25, 0.3) is 0 Å². The number of rotatable bonds is 5. The first-order valence-corrected chi connectivity index (χ1v) is 11.3. The number of amidine groups is 2. The van der Waals surface area contributed by atoms with Gasteiger partial charge in [0, 0.05) is 17.3 Å². The van der Waals surface area contributed by atoms with Crippen molar-refractivity contribution in [1.29, 1.82) is 0 Å². The largest absolute Gasteiger partial charge is 0.497 e. The number of hydrogen-bond acceptors (Lipinski definition) is 6. The van der Waals surface area contributed by atoms with Crippen LogP contribution in [0.15, 0.2) is 88.8 Å². The molecular formula is C25H20N4O3S. The van der Waals surface area contributed by atoms with Crippen LogP contribution < -0.4 is 10.1 Å². The van der Waals surface area contributed by atoms with Crippen molar-refractivity contribution in [1.82, 2.24) is 4.90 Å². The molecule has 0 bridgehead atoms. The van der Waals surface area contributed by atoms with Gasteiger partial charge in [0.1, 0.15) is 11.6 Å². The van der Waals surface area contributed by atoms with E-state index in [4.69, 9.17) is 9.73 Å². The number of fused-ring (bicyclic) bond motifs is 3. The summed E-state index contributed by atoms with van der Waals surface area (Å²) in [7, 11) is 1.57. The molecule has 1 atom stereocenters. The van der Waals surface area contributed by atoms with Gasteiger partial charge in [0.2, 0.25) is 5.91 Å². The third-order valence-corrected chi connectivity index (χ3v) is 6.21. The van der Waals surface area contributed by atoms with E-state index in [9.17, 15) is 9.59 Å². The van der Waals surface area contributed by atoms with Gasteiger partial charge >= 0.3 is 0 Å². The second-order valence-electron chi connectivity index (χ2n) is 7.42. The molecule has 0 aliphatic carbocycles. The lowest BCUT2D eigenvalue weighted by molar-refractivity contribution is -0.124. The molecule has 1 N–H and O–H groups in total. The van der Waals surface area contributed by atoms with Gasteiger partial charge in [-0.1, -0.05) is 60.3 Å². The fraction of sp³-hybridized carbons (Fsp3) is 0.120. The van der Waals surface area contributed by atoms with Gasteiger partial charge in [-0.3, -0.25) is 9.59 Å². The molecule has 0 spiro atoms.